The molecular weight excluding hydrogens is 348 g/mol. The Morgan fingerprint density at radius 3 is 2.55 bits per heavy atom. The third-order valence-corrected chi connectivity index (χ3v) is 3.79. The molecule has 1 amide bonds. The lowest BCUT2D eigenvalue weighted by Gasteiger charge is -2.15. The number of anilines is 2. The fraction of sp³-hybridized carbons (Fsp3) is 0.188. The Hall–Kier alpha value is -2.21. The summed E-state index contributed by atoms with van der Waals surface area (Å²) >= 11 is 3.38. The van der Waals surface area contributed by atoms with Crippen LogP contribution in [0.5, 0.6) is 11.5 Å². The van der Waals surface area contributed by atoms with Gasteiger partial charge in [0.15, 0.2) is 11.5 Å². The first-order valence-electron chi connectivity index (χ1n) is 6.84. The molecular formula is C16H15BrN2O3. The van der Waals surface area contributed by atoms with E-state index in [2.05, 4.69) is 26.6 Å². The number of hydrogen-bond donors (Lipinski definition) is 2. The van der Waals surface area contributed by atoms with Crippen molar-refractivity contribution in [1.29, 1.82) is 0 Å². The summed E-state index contributed by atoms with van der Waals surface area (Å²) in [7, 11) is 0. The number of carbonyl (C=O) groups excluding carboxylic acids is 1. The summed E-state index contributed by atoms with van der Waals surface area (Å²) in [6.07, 6.45) is 0. The maximum Gasteiger partial charge on any atom is 0.246 e. The number of ether oxygens (including phenoxy) is 2. The van der Waals surface area contributed by atoms with Gasteiger partial charge in [-0.25, -0.2) is 0 Å². The Morgan fingerprint density at radius 1 is 1.09 bits per heavy atom. The molecule has 1 unspecified atom stereocenters. The SMILES string of the molecule is CC(Nc1ccc(Br)cc1)C(=O)Nc1ccc2c(c1)OCO2. The maximum atomic E-state index is 12.2. The Kier molecular flexibility index (Phi) is 4.20. The summed E-state index contributed by atoms with van der Waals surface area (Å²) in [5.41, 5.74) is 1.57. The molecule has 0 fully saturated rings. The van der Waals surface area contributed by atoms with Crippen molar-refractivity contribution in [1.82, 2.24) is 0 Å². The van der Waals surface area contributed by atoms with Gasteiger partial charge in [-0.2, -0.15) is 0 Å². The van der Waals surface area contributed by atoms with Gasteiger partial charge in [-0.3, -0.25) is 4.79 Å². The van der Waals surface area contributed by atoms with E-state index in [0.29, 0.717) is 17.2 Å². The summed E-state index contributed by atoms with van der Waals surface area (Å²) in [5.74, 6) is 1.21. The number of fused-ring (bicyclic) bond motifs is 1. The molecule has 22 heavy (non-hydrogen) atoms. The first-order chi connectivity index (χ1) is 10.6. The van der Waals surface area contributed by atoms with E-state index >= 15 is 0 Å². The second-order valence-electron chi connectivity index (χ2n) is 4.93. The van der Waals surface area contributed by atoms with Gasteiger partial charge >= 0.3 is 0 Å². The van der Waals surface area contributed by atoms with Crippen LogP contribution in [0.15, 0.2) is 46.9 Å². The molecule has 6 heteroatoms. The summed E-state index contributed by atoms with van der Waals surface area (Å²) in [5, 5.41) is 6.01. The highest BCUT2D eigenvalue weighted by Crippen LogP contribution is 2.34. The molecule has 2 aromatic carbocycles. The minimum atomic E-state index is -0.369. The van der Waals surface area contributed by atoms with Crippen LogP contribution in [0.4, 0.5) is 11.4 Å². The molecule has 0 bridgehead atoms. The number of benzene rings is 2. The zero-order chi connectivity index (χ0) is 15.5. The van der Waals surface area contributed by atoms with Gasteiger partial charge < -0.3 is 20.1 Å². The number of hydrogen-bond acceptors (Lipinski definition) is 4. The van der Waals surface area contributed by atoms with Crippen LogP contribution in [0.25, 0.3) is 0 Å². The minimum Gasteiger partial charge on any atom is -0.454 e. The van der Waals surface area contributed by atoms with E-state index in [0.717, 1.165) is 10.2 Å². The second kappa shape index (κ2) is 6.27. The van der Waals surface area contributed by atoms with E-state index in [1.54, 1.807) is 18.2 Å². The third kappa shape index (κ3) is 3.33. The van der Waals surface area contributed by atoms with Gasteiger partial charge in [0.25, 0.3) is 0 Å². The molecule has 0 spiro atoms. The Balaban J connectivity index is 1.62. The van der Waals surface area contributed by atoms with E-state index in [4.69, 9.17) is 9.47 Å². The molecule has 0 aromatic heterocycles. The predicted octanol–water partition coefficient (Wildman–Crippen LogP) is 3.62. The van der Waals surface area contributed by atoms with Crippen molar-refractivity contribution in [3.8, 4) is 11.5 Å². The van der Waals surface area contributed by atoms with E-state index in [9.17, 15) is 4.79 Å². The monoisotopic (exact) mass is 362 g/mol. The van der Waals surface area contributed by atoms with Crippen LogP contribution in [0, 0.1) is 0 Å². The molecule has 1 aliphatic heterocycles. The molecule has 1 aliphatic rings. The zero-order valence-electron chi connectivity index (χ0n) is 11.9. The first kappa shape index (κ1) is 14.7. The summed E-state index contributed by atoms with van der Waals surface area (Å²) < 4.78 is 11.5. The molecule has 1 heterocycles. The summed E-state index contributed by atoms with van der Waals surface area (Å²) in [6, 6.07) is 12.6. The molecule has 0 aliphatic carbocycles. The molecule has 2 N–H and O–H groups in total. The summed E-state index contributed by atoms with van der Waals surface area (Å²) in [6.45, 7) is 2.03. The quantitative estimate of drug-likeness (QED) is 0.871. The van der Waals surface area contributed by atoms with Crippen LogP contribution in [-0.4, -0.2) is 18.7 Å². The van der Waals surface area contributed by atoms with Crippen LogP contribution < -0.4 is 20.1 Å². The second-order valence-corrected chi connectivity index (χ2v) is 5.85. The number of rotatable bonds is 4. The van der Waals surface area contributed by atoms with Crippen molar-refractivity contribution in [2.75, 3.05) is 17.4 Å². The molecule has 0 saturated heterocycles. The van der Waals surface area contributed by atoms with Crippen molar-refractivity contribution in [3.05, 3.63) is 46.9 Å². The van der Waals surface area contributed by atoms with Crippen LogP contribution in [0.3, 0.4) is 0 Å². The fourth-order valence-corrected chi connectivity index (χ4v) is 2.35. The molecule has 0 radical (unpaired) electrons. The number of carbonyl (C=O) groups is 1. The largest absolute Gasteiger partial charge is 0.454 e. The van der Waals surface area contributed by atoms with Crippen LogP contribution in [0.2, 0.25) is 0 Å². The van der Waals surface area contributed by atoms with E-state index in [-0.39, 0.29) is 18.7 Å². The Morgan fingerprint density at radius 2 is 1.77 bits per heavy atom. The van der Waals surface area contributed by atoms with E-state index < -0.39 is 0 Å². The highest BCUT2D eigenvalue weighted by atomic mass is 79.9. The molecule has 5 nitrogen and oxygen atoms in total. The van der Waals surface area contributed by atoms with E-state index in [1.807, 2.05) is 31.2 Å². The number of halogens is 1. The highest BCUT2D eigenvalue weighted by Gasteiger charge is 2.16. The van der Waals surface area contributed by atoms with Crippen molar-refractivity contribution in [2.24, 2.45) is 0 Å². The van der Waals surface area contributed by atoms with E-state index in [1.165, 1.54) is 0 Å². The topological polar surface area (TPSA) is 59.6 Å². The van der Waals surface area contributed by atoms with Crippen LogP contribution in [-0.2, 0) is 4.79 Å². The maximum absolute atomic E-state index is 12.2. The highest BCUT2D eigenvalue weighted by molar-refractivity contribution is 9.10. The number of nitrogens with one attached hydrogen (secondary N) is 2. The van der Waals surface area contributed by atoms with Crippen molar-refractivity contribution in [2.45, 2.75) is 13.0 Å². The third-order valence-electron chi connectivity index (χ3n) is 3.26. The summed E-state index contributed by atoms with van der Waals surface area (Å²) in [4.78, 5) is 12.2. The zero-order valence-corrected chi connectivity index (χ0v) is 13.5. The molecule has 1 atom stereocenters. The van der Waals surface area contributed by atoms with Gasteiger partial charge in [0.2, 0.25) is 12.7 Å². The minimum absolute atomic E-state index is 0.123. The molecule has 114 valence electrons. The lowest BCUT2D eigenvalue weighted by Crippen LogP contribution is -2.31. The van der Waals surface area contributed by atoms with Crippen molar-refractivity contribution >= 4 is 33.2 Å². The normalized spacial score (nSPS) is 13.5. The molecule has 2 aromatic rings. The van der Waals surface area contributed by atoms with Gasteiger partial charge in [0, 0.05) is 21.9 Å². The average molecular weight is 363 g/mol. The van der Waals surface area contributed by atoms with Gasteiger partial charge in [0.1, 0.15) is 6.04 Å². The van der Waals surface area contributed by atoms with Crippen LogP contribution >= 0.6 is 15.9 Å². The Bertz CT molecular complexity index is 688. The van der Waals surface area contributed by atoms with Gasteiger partial charge in [-0.1, -0.05) is 15.9 Å². The lowest BCUT2D eigenvalue weighted by molar-refractivity contribution is -0.116. The molecule has 0 saturated carbocycles. The van der Waals surface area contributed by atoms with Gasteiger partial charge in [0.05, 0.1) is 0 Å². The average Bonchev–Trinajstić information content (AvgIpc) is 2.97. The van der Waals surface area contributed by atoms with Gasteiger partial charge in [-0.05, 0) is 43.3 Å². The van der Waals surface area contributed by atoms with Gasteiger partial charge in [-0.15, -0.1) is 0 Å². The lowest BCUT2D eigenvalue weighted by atomic mass is 10.2. The number of amides is 1. The predicted molar refractivity (Wildman–Crippen MR) is 88.4 cm³/mol. The first-order valence-corrected chi connectivity index (χ1v) is 7.64. The molecule has 3 rings (SSSR count). The smallest absolute Gasteiger partial charge is 0.246 e. The van der Waals surface area contributed by atoms with Crippen molar-refractivity contribution in [3.63, 3.8) is 0 Å². The standard InChI is InChI=1S/C16H15BrN2O3/c1-10(18-12-4-2-11(17)3-5-12)16(20)19-13-6-7-14-15(8-13)22-9-21-14/h2-8,10,18H,9H2,1H3,(H,19,20). The van der Waals surface area contributed by atoms with Crippen LogP contribution in [0.1, 0.15) is 6.92 Å². The van der Waals surface area contributed by atoms with Crippen molar-refractivity contribution < 1.29 is 14.3 Å². The fourth-order valence-electron chi connectivity index (χ4n) is 2.09. The Labute approximate surface area is 136 Å².